The molecule has 0 bridgehead atoms. The Bertz CT molecular complexity index is 597. The van der Waals surface area contributed by atoms with Crippen LogP contribution in [0.4, 0.5) is 19.0 Å². The maximum atomic E-state index is 13.6. The van der Waals surface area contributed by atoms with E-state index >= 15 is 0 Å². The van der Waals surface area contributed by atoms with Crippen LogP contribution in [0.3, 0.4) is 0 Å². The first-order chi connectivity index (χ1) is 8.65. The molecule has 3 rings (SSSR count). The van der Waals surface area contributed by atoms with Crippen molar-refractivity contribution < 1.29 is 13.2 Å². The zero-order valence-corrected chi connectivity index (χ0v) is 9.15. The summed E-state index contributed by atoms with van der Waals surface area (Å²) in [5.74, 6) is -3.06. The van der Waals surface area contributed by atoms with Gasteiger partial charge < -0.3 is 9.47 Å². The summed E-state index contributed by atoms with van der Waals surface area (Å²) >= 11 is 0. The summed E-state index contributed by atoms with van der Waals surface area (Å²) in [5, 5.41) is 7.58. The normalized spacial score (nSPS) is 14.7. The zero-order valence-electron chi connectivity index (χ0n) is 9.15. The molecule has 94 valence electrons. The molecule has 1 aliphatic heterocycles. The zero-order chi connectivity index (χ0) is 12.7. The van der Waals surface area contributed by atoms with Gasteiger partial charge in [-0.1, -0.05) is 0 Å². The van der Waals surface area contributed by atoms with E-state index in [2.05, 4.69) is 15.2 Å². The van der Waals surface area contributed by atoms with Gasteiger partial charge in [0.1, 0.15) is 6.33 Å². The number of hydrogen-bond acceptors (Lipinski definition) is 4. The van der Waals surface area contributed by atoms with E-state index in [9.17, 15) is 13.2 Å². The monoisotopic (exact) mass is 255 g/mol. The highest BCUT2D eigenvalue weighted by Gasteiger charge is 2.23. The van der Waals surface area contributed by atoms with Crippen molar-refractivity contribution in [2.24, 2.45) is 0 Å². The summed E-state index contributed by atoms with van der Waals surface area (Å²) < 4.78 is 41.2. The van der Waals surface area contributed by atoms with Gasteiger partial charge in [-0.25, -0.2) is 8.78 Å². The van der Waals surface area contributed by atoms with Crippen LogP contribution in [0.15, 0.2) is 12.4 Å². The Balaban J connectivity index is 1.95. The summed E-state index contributed by atoms with van der Waals surface area (Å²) in [6, 6.07) is 0.497. The molecule has 0 aliphatic carbocycles. The second-order valence-corrected chi connectivity index (χ2v) is 3.93. The Morgan fingerprint density at radius 2 is 1.94 bits per heavy atom. The van der Waals surface area contributed by atoms with Gasteiger partial charge in [0.2, 0.25) is 0 Å². The SMILES string of the molecule is Fc1cc(F)c(N2CCn3cnnc3C2)nc1F. The first-order valence-corrected chi connectivity index (χ1v) is 5.28. The highest BCUT2D eigenvalue weighted by molar-refractivity contribution is 5.40. The topological polar surface area (TPSA) is 46.8 Å². The van der Waals surface area contributed by atoms with Crippen molar-refractivity contribution in [2.45, 2.75) is 13.1 Å². The summed E-state index contributed by atoms with van der Waals surface area (Å²) in [5.41, 5.74) is 0. The number of fused-ring (bicyclic) bond motifs is 1. The van der Waals surface area contributed by atoms with Crippen LogP contribution in [0, 0.1) is 17.6 Å². The summed E-state index contributed by atoms with van der Waals surface area (Å²) in [6.45, 7) is 1.23. The molecule has 0 saturated heterocycles. The Labute approximate surface area is 99.9 Å². The molecule has 8 heteroatoms. The minimum absolute atomic E-state index is 0.205. The molecule has 0 fully saturated rings. The van der Waals surface area contributed by atoms with E-state index in [0.29, 0.717) is 25.0 Å². The van der Waals surface area contributed by atoms with Crippen LogP contribution in [0.1, 0.15) is 5.82 Å². The molecule has 18 heavy (non-hydrogen) atoms. The van der Waals surface area contributed by atoms with E-state index in [-0.39, 0.29) is 12.4 Å². The van der Waals surface area contributed by atoms with Crippen LogP contribution in [-0.4, -0.2) is 26.3 Å². The van der Waals surface area contributed by atoms with Crippen molar-refractivity contribution in [1.29, 1.82) is 0 Å². The third kappa shape index (κ3) is 1.69. The minimum Gasteiger partial charge on any atom is -0.345 e. The molecule has 0 radical (unpaired) electrons. The highest BCUT2D eigenvalue weighted by Crippen LogP contribution is 2.22. The van der Waals surface area contributed by atoms with Gasteiger partial charge in [0.15, 0.2) is 23.3 Å². The molecule has 0 aromatic carbocycles. The average molecular weight is 255 g/mol. The standard InChI is InChI=1S/C10H8F3N5/c11-6-3-7(12)10(15-9(6)13)17-1-2-18-5-14-16-8(18)4-17/h3,5H,1-2,4H2. The molecule has 0 amide bonds. The van der Waals surface area contributed by atoms with Gasteiger partial charge in [0.05, 0.1) is 6.54 Å². The van der Waals surface area contributed by atoms with Gasteiger partial charge in [-0.3, -0.25) is 0 Å². The van der Waals surface area contributed by atoms with Crippen LogP contribution in [0.2, 0.25) is 0 Å². The minimum atomic E-state index is -1.31. The molecule has 0 atom stereocenters. The van der Waals surface area contributed by atoms with Gasteiger partial charge in [0, 0.05) is 19.2 Å². The van der Waals surface area contributed by atoms with Crippen molar-refractivity contribution in [3.05, 3.63) is 35.8 Å². The van der Waals surface area contributed by atoms with Crippen molar-refractivity contribution in [1.82, 2.24) is 19.7 Å². The van der Waals surface area contributed by atoms with Crippen molar-refractivity contribution in [3.63, 3.8) is 0 Å². The molecule has 1 aliphatic rings. The molecule has 3 heterocycles. The third-order valence-electron chi connectivity index (χ3n) is 2.81. The Kier molecular flexibility index (Phi) is 2.42. The van der Waals surface area contributed by atoms with Gasteiger partial charge >= 0.3 is 0 Å². The fourth-order valence-electron chi connectivity index (χ4n) is 1.90. The van der Waals surface area contributed by atoms with Crippen LogP contribution < -0.4 is 4.90 Å². The molecule has 2 aromatic rings. The predicted molar refractivity (Wildman–Crippen MR) is 55.2 cm³/mol. The lowest BCUT2D eigenvalue weighted by Gasteiger charge is -2.28. The molecule has 0 unspecified atom stereocenters. The Morgan fingerprint density at radius 1 is 1.11 bits per heavy atom. The fourth-order valence-corrected chi connectivity index (χ4v) is 1.90. The lowest BCUT2D eigenvalue weighted by molar-refractivity contribution is 0.457. The maximum Gasteiger partial charge on any atom is 0.251 e. The third-order valence-corrected chi connectivity index (χ3v) is 2.81. The lowest BCUT2D eigenvalue weighted by Crippen LogP contribution is -2.35. The number of pyridine rings is 1. The first-order valence-electron chi connectivity index (χ1n) is 5.28. The van der Waals surface area contributed by atoms with Crippen LogP contribution in [0.5, 0.6) is 0 Å². The summed E-state index contributed by atoms with van der Waals surface area (Å²) in [6.07, 6.45) is 1.57. The number of nitrogens with zero attached hydrogens (tertiary/aromatic N) is 5. The molecular weight excluding hydrogens is 247 g/mol. The molecule has 0 spiro atoms. The van der Waals surface area contributed by atoms with Gasteiger partial charge in [-0.15, -0.1) is 10.2 Å². The van der Waals surface area contributed by atoms with E-state index in [1.807, 2.05) is 4.57 Å². The van der Waals surface area contributed by atoms with Crippen molar-refractivity contribution in [3.8, 4) is 0 Å². The summed E-state index contributed by atoms with van der Waals surface area (Å²) in [7, 11) is 0. The van der Waals surface area contributed by atoms with Crippen LogP contribution in [-0.2, 0) is 13.1 Å². The average Bonchev–Trinajstić information content (AvgIpc) is 2.80. The quantitative estimate of drug-likeness (QED) is 0.716. The van der Waals surface area contributed by atoms with E-state index in [1.54, 1.807) is 6.33 Å². The van der Waals surface area contributed by atoms with Crippen LogP contribution >= 0.6 is 0 Å². The molecular formula is C10H8F3N5. The van der Waals surface area contributed by atoms with E-state index < -0.39 is 17.6 Å². The summed E-state index contributed by atoms with van der Waals surface area (Å²) in [4.78, 5) is 4.81. The van der Waals surface area contributed by atoms with E-state index in [4.69, 9.17) is 0 Å². The van der Waals surface area contributed by atoms with Gasteiger partial charge in [-0.2, -0.15) is 9.37 Å². The number of aromatic nitrogens is 4. The Hall–Kier alpha value is -2.12. The maximum absolute atomic E-state index is 13.6. The number of halogens is 3. The largest absolute Gasteiger partial charge is 0.345 e. The molecule has 0 N–H and O–H groups in total. The second kappa shape index (κ2) is 3.97. The highest BCUT2D eigenvalue weighted by atomic mass is 19.2. The smallest absolute Gasteiger partial charge is 0.251 e. The van der Waals surface area contributed by atoms with Crippen molar-refractivity contribution >= 4 is 5.82 Å². The molecule has 5 nitrogen and oxygen atoms in total. The molecule has 0 saturated carbocycles. The Morgan fingerprint density at radius 3 is 2.78 bits per heavy atom. The lowest BCUT2D eigenvalue weighted by atomic mass is 10.3. The number of anilines is 1. The fraction of sp³-hybridized carbons (Fsp3) is 0.300. The van der Waals surface area contributed by atoms with E-state index in [0.717, 1.165) is 0 Å². The predicted octanol–water partition coefficient (Wildman–Crippen LogP) is 1.11. The number of hydrogen-bond donors (Lipinski definition) is 0. The molecule has 2 aromatic heterocycles. The van der Waals surface area contributed by atoms with Gasteiger partial charge in [0.25, 0.3) is 5.95 Å². The van der Waals surface area contributed by atoms with Gasteiger partial charge in [-0.05, 0) is 0 Å². The number of rotatable bonds is 1. The van der Waals surface area contributed by atoms with Crippen molar-refractivity contribution in [2.75, 3.05) is 11.4 Å². The van der Waals surface area contributed by atoms with E-state index in [1.165, 1.54) is 4.90 Å². The van der Waals surface area contributed by atoms with Crippen LogP contribution in [0.25, 0.3) is 0 Å². The first kappa shape index (κ1) is 11.0. The second-order valence-electron chi connectivity index (χ2n) is 3.93.